The molecule has 1 N–H and O–H groups in total. The van der Waals surface area contributed by atoms with Crippen molar-refractivity contribution in [1.29, 1.82) is 0 Å². The third-order valence-corrected chi connectivity index (χ3v) is 5.70. The number of piperidine rings is 1. The summed E-state index contributed by atoms with van der Waals surface area (Å²) < 4.78 is 5.08. The van der Waals surface area contributed by atoms with Crippen LogP contribution in [-0.2, 0) is 19.2 Å². The van der Waals surface area contributed by atoms with Crippen LogP contribution in [0.2, 0.25) is 0 Å². The lowest BCUT2D eigenvalue weighted by Gasteiger charge is -2.54. The van der Waals surface area contributed by atoms with E-state index < -0.39 is 23.2 Å². The van der Waals surface area contributed by atoms with E-state index in [4.69, 9.17) is 9.57 Å². The third-order valence-electron chi connectivity index (χ3n) is 5.70. The van der Waals surface area contributed by atoms with Crippen LogP contribution in [0.25, 0.3) is 10.8 Å². The van der Waals surface area contributed by atoms with Crippen LogP contribution in [0, 0.1) is 0 Å². The van der Waals surface area contributed by atoms with E-state index >= 15 is 0 Å². The Labute approximate surface area is 178 Å². The minimum Gasteiger partial charge on any atom is -0.467 e. The van der Waals surface area contributed by atoms with E-state index in [9.17, 15) is 9.59 Å². The van der Waals surface area contributed by atoms with Crippen LogP contribution in [0.15, 0.2) is 42.5 Å². The fourth-order valence-electron chi connectivity index (χ4n) is 4.76. The van der Waals surface area contributed by atoms with Gasteiger partial charge in [0.2, 0.25) is 12.0 Å². The van der Waals surface area contributed by atoms with Crippen molar-refractivity contribution in [1.82, 2.24) is 10.4 Å². The zero-order valence-corrected chi connectivity index (χ0v) is 18.7. The molecule has 1 aliphatic heterocycles. The average molecular weight is 413 g/mol. The van der Waals surface area contributed by atoms with Gasteiger partial charge in [0, 0.05) is 24.0 Å². The number of fused-ring (bicyclic) bond motifs is 1. The Hall–Kier alpha value is -2.44. The molecule has 0 aromatic heterocycles. The highest BCUT2D eigenvalue weighted by Gasteiger charge is 2.48. The van der Waals surface area contributed by atoms with Gasteiger partial charge in [-0.1, -0.05) is 36.4 Å². The largest absolute Gasteiger partial charge is 0.467 e. The quantitative estimate of drug-likeness (QED) is 0.748. The summed E-state index contributed by atoms with van der Waals surface area (Å²) in [7, 11) is 1.37. The minimum atomic E-state index is -0.879. The monoisotopic (exact) mass is 412 g/mol. The Kier molecular flexibility index (Phi) is 6.20. The molecule has 30 heavy (non-hydrogen) atoms. The first kappa shape index (κ1) is 22.2. The number of hydrogen-bond acceptors (Lipinski definition) is 5. The molecule has 1 heterocycles. The summed E-state index contributed by atoms with van der Waals surface area (Å²) >= 11 is 0. The summed E-state index contributed by atoms with van der Waals surface area (Å²) in [5.41, 5.74) is -0.0631. The molecule has 162 valence electrons. The number of carbonyl (C=O) groups excluding carboxylic acids is 2. The van der Waals surface area contributed by atoms with Crippen LogP contribution in [-0.4, -0.2) is 41.2 Å². The fourth-order valence-corrected chi connectivity index (χ4v) is 4.76. The molecule has 1 amide bonds. The lowest BCUT2D eigenvalue weighted by Crippen LogP contribution is -2.64. The van der Waals surface area contributed by atoms with Gasteiger partial charge in [-0.15, -0.1) is 0 Å². The molecule has 1 atom stereocenters. The van der Waals surface area contributed by atoms with Crippen molar-refractivity contribution in [2.45, 2.75) is 70.7 Å². The molecular formula is C24H32N2O4. The molecule has 1 fully saturated rings. The van der Waals surface area contributed by atoms with E-state index in [1.807, 2.05) is 47.5 Å². The second kappa shape index (κ2) is 8.36. The number of nitrogens with zero attached hydrogens (tertiary/aromatic N) is 1. The summed E-state index contributed by atoms with van der Waals surface area (Å²) in [4.78, 5) is 30.7. The van der Waals surface area contributed by atoms with Gasteiger partial charge in [-0.3, -0.25) is 9.63 Å². The van der Waals surface area contributed by atoms with Gasteiger partial charge >= 0.3 is 5.97 Å². The maximum atomic E-state index is 12.7. The zero-order valence-electron chi connectivity index (χ0n) is 18.7. The maximum Gasteiger partial charge on any atom is 0.341 e. The number of hydrogen-bond donors (Lipinski definition) is 1. The zero-order chi connectivity index (χ0) is 22.1. The minimum absolute atomic E-state index is 0.0374. The molecule has 2 aromatic rings. The molecule has 0 spiro atoms. The number of amides is 1. The van der Waals surface area contributed by atoms with Gasteiger partial charge < -0.3 is 10.1 Å². The number of ether oxygens (including phenoxy) is 1. The topological polar surface area (TPSA) is 67.9 Å². The van der Waals surface area contributed by atoms with Crippen LogP contribution in [0.3, 0.4) is 0 Å². The SMILES string of the molecule is COC(=O)C(ON1C(C)(C)CC(NC(C)=O)CC1(C)C)c1ccc2ccccc2c1. The van der Waals surface area contributed by atoms with Crippen molar-refractivity contribution in [3.63, 3.8) is 0 Å². The van der Waals surface area contributed by atoms with Crippen molar-refractivity contribution >= 4 is 22.6 Å². The maximum absolute atomic E-state index is 12.7. The summed E-state index contributed by atoms with van der Waals surface area (Å²) in [5, 5.41) is 7.09. The third kappa shape index (κ3) is 4.65. The van der Waals surface area contributed by atoms with Crippen molar-refractivity contribution in [2.24, 2.45) is 0 Å². The number of nitrogens with one attached hydrogen (secondary N) is 1. The van der Waals surface area contributed by atoms with E-state index in [0.717, 1.165) is 16.3 Å². The molecule has 6 heteroatoms. The molecule has 2 aromatic carbocycles. The van der Waals surface area contributed by atoms with E-state index in [2.05, 4.69) is 33.0 Å². The number of benzene rings is 2. The normalized spacial score (nSPS) is 19.9. The molecule has 6 nitrogen and oxygen atoms in total. The molecule has 0 aliphatic carbocycles. The first-order valence-corrected chi connectivity index (χ1v) is 10.3. The van der Waals surface area contributed by atoms with Gasteiger partial charge in [0.1, 0.15) is 0 Å². The Morgan fingerprint density at radius 2 is 1.63 bits per heavy atom. The van der Waals surface area contributed by atoms with Crippen molar-refractivity contribution < 1.29 is 19.2 Å². The van der Waals surface area contributed by atoms with Crippen LogP contribution >= 0.6 is 0 Å². The van der Waals surface area contributed by atoms with E-state index in [-0.39, 0.29) is 11.9 Å². The van der Waals surface area contributed by atoms with Gasteiger partial charge in [0.15, 0.2) is 0 Å². The summed E-state index contributed by atoms with van der Waals surface area (Å²) in [6.07, 6.45) is 0.541. The van der Waals surface area contributed by atoms with Crippen molar-refractivity contribution in [2.75, 3.05) is 7.11 Å². The van der Waals surface area contributed by atoms with E-state index in [0.29, 0.717) is 12.8 Å². The number of esters is 1. The Balaban J connectivity index is 1.93. The molecule has 1 aliphatic rings. The molecule has 0 bridgehead atoms. The van der Waals surface area contributed by atoms with Gasteiger partial charge in [-0.2, -0.15) is 5.06 Å². The second-order valence-corrected chi connectivity index (χ2v) is 9.34. The highest BCUT2D eigenvalue weighted by Crippen LogP contribution is 2.41. The average Bonchev–Trinajstić information content (AvgIpc) is 2.65. The Bertz CT molecular complexity index is 920. The highest BCUT2D eigenvalue weighted by molar-refractivity contribution is 5.85. The molecule has 1 unspecified atom stereocenters. The lowest BCUT2D eigenvalue weighted by molar-refractivity contribution is -0.307. The lowest BCUT2D eigenvalue weighted by atomic mass is 9.79. The van der Waals surface area contributed by atoms with Crippen molar-refractivity contribution in [3.8, 4) is 0 Å². The predicted octanol–water partition coefficient (Wildman–Crippen LogP) is 4.14. The van der Waals surface area contributed by atoms with Gasteiger partial charge in [-0.05, 0) is 62.9 Å². The highest BCUT2D eigenvalue weighted by atomic mass is 16.7. The molecule has 0 radical (unpaired) electrons. The van der Waals surface area contributed by atoms with Gasteiger partial charge in [-0.25, -0.2) is 4.79 Å². The molecule has 1 saturated heterocycles. The van der Waals surface area contributed by atoms with Crippen LogP contribution in [0.1, 0.15) is 59.1 Å². The van der Waals surface area contributed by atoms with E-state index in [1.54, 1.807) is 0 Å². The summed E-state index contributed by atoms with van der Waals surface area (Å²) in [5.74, 6) is -0.481. The fraction of sp³-hybridized carbons (Fsp3) is 0.500. The Morgan fingerprint density at radius 1 is 1.03 bits per heavy atom. The van der Waals surface area contributed by atoms with Crippen molar-refractivity contribution in [3.05, 3.63) is 48.0 Å². The molecule has 0 saturated carbocycles. The number of methoxy groups -OCH3 is 1. The second-order valence-electron chi connectivity index (χ2n) is 9.34. The summed E-state index contributed by atoms with van der Waals surface area (Å²) in [6, 6.07) is 13.9. The predicted molar refractivity (Wildman–Crippen MR) is 117 cm³/mol. The van der Waals surface area contributed by atoms with Crippen LogP contribution in [0.5, 0.6) is 0 Å². The molecule has 3 rings (SSSR count). The van der Waals surface area contributed by atoms with Gasteiger partial charge in [0.05, 0.1) is 7.11 Å². The first-order valence-electron chi connectivity index (χ1n) is 10.3. The smallest absolute Gasteiger partial charge is 0.341 e. The standard InChI is InChI=1S/C24H32N2O4/c1-16(27)25-20-14-23(2,3)26(24(4,5)15-20)30-21(22(28)29-6)19-12-11-17-9-7-8-10-18(17)13-19/h7-13,20-21H,14-15H2,1-6H3,(H,25,27). The van der Waals surface area contributed by atoms with Gasteiger partial charge in [0.25, 0.3) is 0 Å². The van der Waals surface area contributed by atoms with Crippen LogP contribution < -0.4 is 5.32 Å². The first-order chi connectivity index (χ1) is 14.0. The number of rotatable bonds is 5. The number of carbonyl (C=O) groups is 2. The molecular weight excluding hydrogens is 380 g/mol. The Morgan fingerprint density at radius 3 is 2.20 bits per heavy atom. The number of hydroxylamine groups is 2. The van der Waals surface area contributed by atoms with Crippen LogP contribution in [0.4, 0.5) is 0 Å². The summed E-state index contributed by atoms with van der Waals surface area (Å²) in [6.45, 7) is 9.81. The van der Waals surface area contributed by atoms with E-state index in [1.165, 1.54) is 14.0 Å².